The summed E-state index contributed by atoms with van der Waals surface area (Å²) in [6, 6.07) is 0. The van der Waals surface area contributed by atoms with Crippen molar-refractivity contribution in [1.29, 1.82) is 0 Å². The first kappa shape index (κ1) is 14.1. The summed E-state index contributed by atoms with van der Waals surface area (Å²) < 4.78 is 0. The number of carboxylic acid groups (broad SMARTS) is 1. The number of nitrogens with one attached hydrogen (secondary N) is 1. The Kier molecular flexibility index (Phi) is 3.67. The monoisotopic (exact) mass is 281 g/mol. The van der Waals surface area contributed by atoms with Crippen LogP contribution in [0.1, 0.15) is 54.4 Å². The van der Waals surface area contributed by atoms with E-state index < -0.39 is 11.4 Å². The minimum absolute atomic E-state index is 0.145. The number of aryl methyl sites for hydroxylation is 1. The quantitative estimate of drug-likeness (QED) is 0.874. The minimum Gasteiger partial charge on any atom is -0.478 e. The number of carbonyl (C=O) groups excluding carboxylic acids is 1. The van der Waals surface area contributed by atoms with E-state index in [1.54, 1.807) is 0 Å². The van der Waals surface area contributed by atoms with Crippen molar-refractivity contribution in [2.24, 2.45) is 5.41 Å². The second-order valence-electron chi connectivity index (χ2n) is 5.92. The van der Waals surface area contributed by atoms with Gasteiger partial charge in [-0.1, -0.05) is 20.8 Å². The van der Waals surface area contributed by atoms with Gasteiger partial charge in [-0.05, 0) is 31.2 Å². The number of carboxylic acids is 1. The number of anilines is 1. The second-order valence-corrected chi connectivity index (χ2v) is 7.03. The number of amides is 1. The Labute approximate surface area is 116 Å². The predicted molar refractivity (Wildman–Crippen MR) is 76.0 cm³/mol. The van der Waals surface area contributed by atoms with Gasteiger partial charge in [-0.2, -0.15) is 0 Å². The average Bonchev–Trinajstić information content (AvgIpc) is 2.65. The highest BCUT2D eigenvalue weighted by atomic mass is 32.1. The molecule has 1 heterocycles. The van der Waals surface area contributed by atoms with E-state index in [-0.39, 0.29) is 5.91 Å². The fourth-order valence-electron chi connectivity index (χ4n) is 2.17. The van der Waals surface area contributed by atoms with Gasteiger partial charge in [0, 0.05) is 10.3 Å². The molecular formula is C14H19NO3S. The molecule has 4 nitrogen and oxygen atoms in total. The third kappa shape index (κ3) is 2.81. The van der Waals surface area contributed by atoms with Crippen LogP contribution in [0.25, 0.3) is 0 Å². The molecule has 0 atom stereocenters. The SMILES string of the molecule is CC(C)(C)C(=O)Nc1sc2c(c1C(=O)O)CCCC2. The van der Waals surface area contributed by atoms with Crippen molar-refractivity contribution >= 4 is 28.2 Å². The normalized spacial score (nSPS) is 14.9. The van der Waals surface area contributed by atoms with E-state index in [0.717, 1.165) is 36.1 Å². The van der Waals surface area contributed by atoms with E-state index in [4.69, 9.17) is 0 Å². The Hall–Kier alpha value is -1.36. The van der Waals surface area contributed by atoms with Crippen LogP contribution >= 0.6 is 11.3 Å². The van der Waals surface area contributed by atoms with Crippen LogP contribution in [0.15, 0.2) is 0 Å². The Balaban J connectivity index is 2.38. The third-order valence-corrected chi connectivity index (χ3v) is 4.50. The zero-order valence-electron chi connectivity index (χ0n) is 11.5. The first-order valence-electron chi connectivity index (χ1n) is 6.50. The summed E-state index contributed by atoms with van der Waals surface area (Å²) in [6.07, 6.45) is 3.85. The Bertz CT molecular complexity index is 526. The zero-order valence-corrected chi connectivity index (χ0v) is 12.3. The molecule has 1 aliphatic carbocycles. The van der Waals surface area contributed by atoms with Crippen LogP contribution in [0.5, 0.6) is 0 Å². The maximum Gasteiger partial charge on any atom is 0.339 e. The molecule has 5 heteroatoms. The summed E-state index contributed by atoms with van der Waals surface area (Å²) in [5.74, 6) is -1.09. The molecule has 0 aliphatic heterocycles. The molecule has 1 aromatic rings. The number of aromatic carboxylic acids is 1. The second kappa shape index (κ2) is 4.96. The van der Waals surface area contributed by atoms with Crippen LogP contribution in [0, 0.1) is 5.41 Å². The summed E-state index contributed by atoms with van der Waals surface area (Å²) >= 11 is 1.42. The van der Waals surface area contributed by atoms with Crippen molar-refractivity contribution in [3.63, 3.8) is 0 Å². The lowest BCUT2D eigenvalue weighted by Crippen LogP contribution is -2.28. The molecular weight excluding hydrogens is 262 g/mol. The summed E-state index contributed by atoms with van der Waals surface area (Å²) in [5, 5.41) is 12.7. The highest BCUT2D eigenvalue weighted by molar-refractivity contribution is 7.17. The molecule has 0 saturated heterocycles. The molecule has 1 aromatic heterocycles. The number of hydrogen-bond acceptors (Lipinski definition) is 3. The average molecular weight is 281 g/mol. The number of rotatable bonds is 2. The van der Waals surface area contributed by atoms with Crippen LogP contribution < -0.4 is 5.32 Å². The van der Waals surface area contributed by atoms with Crippen LogP contribution in [0.2, 0.25) is 0 Å². The van der Waals surface area contributed by atoms with Gasteiger partial charge in [0.1, 0.15) is 5.00 Å². The van der Waals surface area contributed by atoms with Gasteiger partial charge in [-0.3, -0.25) is 4.79 Å². The van der Waals surface area contributed by atoms with Crippen LogP contribution in [-0.2, 0) is 17.6 Å². The number of hydrogen-bond donors (Lipinski definition) is 2. The van der Waals surface area contributed by atoms with Crippen LogP contribution in [-0.4, -0.2) is 17.0 Å². The van der Waals surface area contributed by atoms with Crippen molar-refractivity contribution in [3.8, 4) is 0 Å². The van der Waals surface area contributed by atoms with E-state index in [1.807, 2.05) is 20.8 Å². The van der Waals surface area contributed by atoms with Gasteiger partial charge in [0.2, 0.25) is 5.91 Å². The van der Waals surface area contributed by atoms with E-state index in [1.165, 1.54) is 11.3 Å². The predicted octanol–water partition coefficient (Wildman–Crippen LogP) is 3.31. The molecule has 0 radical (unpaired) electrons. The van der Waals surface area contributed by atoms with Gasteiger partial charge in [0.05, 0.1) is 5.56 Å². The summed E-state index contributed by atoms with van der Waals surface area (Å²) in [4.78, 5) is 24.6. The standard InChI is InChI=1S/C14H19NO3S/c1-14(2,3)13(18)15-11-10(12(16)17)8-6-4-5-7-9(8)19-11/h4-7H2,1-3H3,(H,15,18)(H,16,17). The van der Waals surface area contributed by atoms with Crippen molar-refractivity contribution in [2.75, 3.05) is 5.32 Å². The largest absolute Gasteiger partial charge is 0.478 e. The molecule has 2 N–H and O–H groups in total. The van der Waals surface area contributed by atoms with E-state index in [9.17, 15) is 14.7 Å². The first-order valence-corrected chi connectivity index (χ1v) is 7.31. The van der Waals surface area contributed by atoms with Gasteiger partial charge in [-0.15, -0.1) is 11.3 Å². The molecule has 0 spiro atoms. The zero-order chi connectivity index (χ0) is 14.2. The number of carbonyl (C=O) groups is 2. The van der Waals surface area contributed by atoms with E-state index >= 15 is 0 Å². The van der Waals surface area contributed by atoms with E-state index in [0.29, 0.717) is 10.6 Å². The maximum absolute atomic E-state index is 12.0. The summed E-state index contributed by atoms with van der Waals surface area (Å²) in [7, 11) is 0. The molecule has 0 saturated carbocycles. The molecule has 1 amide bonds. The van der Waals surface area contributed by atoms with Gasteiger partial charge in [-0.25, -0.2) is 4.79 Å². The molecule has 1 aliphatic rings. The molecule has 2 rings (SSSR count). The minimum atomic E-state index is -0.941. The number of thiophene rings is 1. The van der Waals surface area contributed by atoms with E-state index in [2.05, 4.69) is 5.32 Å². The molecule has 0 bridgehead atoms. The highest BCUT2D eigenvalue weighted by Crippen LogP contribution is 2.38. The van der Waals surface area contributed by atoms with Crippen molar-refractivity contribution < 1.29 is 14.7 Å². The fourth-order valence-corrected chi connectivity index (χ4v) is 3.45. The Morgan fingerprint density at radius 3 is 2.42 bits per heavy atom. The summed E-state index contributed by atoms with van der Waals surface area (Å²) in [5.41, 5.74) is 0.700. The fraction of sp³-hybridized carbons (Fsp3) is 0.571. The van der Waals surface area contributed by atoms with Gasteiger partial charge in [0.15, 0.2) is 0 Å². The smallest absolute Gasteiger partial charge is 0.339 e. The highest BCUT2D eigenvalue weighted by Gasteiger charge is 2.28. The Morgan fingerprint density at radius 1 is 1.21 bits per heavy atom. The molecule has 0 aromatic carbocycles. The van der Waals surface area contributed by atoms with Crippen molar-refractivity contribution in [1.82, 2.24) is 0 Å². The van der Waals surface area contributed by atoms with Gasteiger partial charge >= 0.3 is 5.97 Å². The Morgan fingerprint density at radius 2 is 1.84 bits per heavy atom. The summed E-state index contributed by atoms with van der Waals surface area (Å²) in [6.45, 7) is 5.45. The lowest BCUT2D eigenvalue weighted by atomic mass is 9.94. The van der Waals surface area contributed by atoms with Gasteiger partial charge < -0.3 is 10.4 Å². The van der Waals surface area contributed by atoms with Gasteiger partial charge in [0.25, 0.3) is 0 Å². The first-order chi connectivity index (χ1) is 8.80. The third-order valence-electron chi connectivity index (χ3n) is 3.29. The molecule has 0 unspecified atom stereocenters. The topological polar surface area (TPSA) is 66.4 Å². The molecule has 104 valence electrons. The lowest BCUT2D eigenvalue weighted by molar-refractivity contribution is -0.123. The van der Waals surface area contributed by atoms with Crippen LogP contribution in [0.4, 0.5) is 5.00 Å². The maximum atomic E-state index is 12.0. The lowest BCUT2D eigenvalue weighted by Gasteiger charge is -2.17. The molecule has 0 fully saturated rings. The van der Waals surface area contributed by atoms with Crippen molar-refractivity contribution in [2.45, 2.75) is 46.5 Å². The van der Waals surface area contributed by atoms with Crippen LogP contribution in [0.3, 0.4) is 0 Å². The molecule has 19 heavy (non-hydrogen) atoms. The van der Waals surface area contributed by atoms with Crippen molar-refractivity contribution in [3.05, 3.63) is 16.0 Å². The number of fused-ring (bicyclic) bond motifs is 1.